The van der Waals surface area contributed by atoms with E-state index < -0.39 is 35.7 Å². The summed E-state index contributed by atoms with van der Waals surface area (Å²) >= 11 is 0. The van der Waals surface area contributed by atoms with Gasteiger partial charge in [0, 0.05) is 12.1 Å². The van der Waals surface area contributed by atoms with E-state index >= 15 is 0 Å². The number of nitrogens with one attached hydrogen (secondary N) is 3. The van der Waals surface area contributed by atoms with E-state index in [2.05, 4.69) is 9.97 Å². The second-order valence-electron chi connectivity index (χ2n) is 7.26. The molecular weight excluding hydrogens is 469 g/mol. The van der Waals surface area contributed by atoms with Gasteiger partial charge in [0.25, 0.3) is 11.7 Å². The Labute approximate surface area is 186 Å². The van der Waals surface area contributed by atoms with Gasteiger partial charge < -0.3 is 5.32 Å². The van der Waals surface area contributed by atoms with Crippen LogP contribution < -0.4 is 14.7 Å². The summed E-state index contributed by atoms with van der Waals surface area (Å²) in [6.45, 7) is 0. The lowest BCUT2D eigenvalue weighted by Gasteiger charge is -2.17. The Morgan fingerprint density at radius 2 is 1.74 bits per heavy atom. The Kier molecular flexibility index (Phi) is 5.75. The number of benzene rings is 1. The third-order valence-electron chi connectivity index (χ3n) is 5.03. The number of halogens is 7. The van der Waals surface area contributed by atoms with Crippen molar-refractivity contribution in [3.8, 4) is 11.4 Å². The fourth-order valence-electron chi connectivity index (χ4n) is 3.46. The zero-order valence-corrected chi connectivity index (χ0v) is 16.9. The summed E-state index contributed by atoms with van der Waals surface area (Å²) in [6, 6.07) is 7.86. The topological polar surface area (TPSA) is 63.1 Å². The molecule has 4 aromatic rings. The van der Waals surface area contributed by atoms with E-state index in [1.165, 1.54) is 47.1 Å². The third kappa shape index (κ3) is 4.43. The predicted molar refractivity (Wildman–Crippen MR) is 104 cm³/mol. The van der Waals surface area contributed by atoms with Gasteiger partial charge in [-0.15, -0.1) is 0 Å². The molecule has 5 nitrogen and oxygen atoms in total. The van der Waals surface area contributed by atoms with Crippen LogP contribution >= 0.6 is 0 Å². The Morgan fingerprint density at radius 1 is 1.00 bits per heavy atom. The molecule has 1 unspecified atom stereocenters. The van der Waals surface area contributed by atoms with Crippen molar-refractivity contribution in [3.63, 3.8) is 0 Å². The monoisotopic (exact) mass is 484 g/mol. The van der Waals surface area contributed by atoms with Gasteiger partial charge in [-0.2, -0.15) is 30.7 Å². The molecule has 0 aliphatic rings. The number of aromatic amines is 2. The van der Waals surface area contributed by atoms with Crippen LogP contribution in [0, 0.1) is 5.82 Å². The van der Waals surface area contributed by atoms with Gasteiger partial charge >= 0.3 is 12.4 Å². The minimum absolute atomic E-state index is 0.0901. The van der Waals surface area contributed by atoms with E-state index in [-0.39, 0.29) is 28.3 Å². The quantitative estimate of drug-likeness (QED) is 0.327. The first kappa shape index (κ1) is 23.2. The molecule has 3 aromatic heterocycles. The van der Waals surface area contributed by atoms with E-state index in [9.17, 15) is 35.5 Å². The minimum Gasteiger partial charge on any atom is -0.328 e. The fraction of sp³-hybridized carbons (Fsp3) is 0.136. The molecule has 176 valence electrons. The molecule has 12 heteroatoms. The summed E-state index contributed by atoms with van der Waals surface area (Å²) in [5, 5.41) is 1.91. The molecule has 34 heavy (non-hydrogen) atoms. The highest BCUT2D eigenvalue weighted by molar-refractivity contribution is 5.98. The molecule has 1 aromatic carbocycles. The molecule has 1 atom stereocenters. The molecule has 0 aliphatic carbocycles. The van der Waals surface area contributed by atoms with Crippen LogP contribution in [0.5, 0.6) is 0 Å². The summed E-state index contributed by atoms with van der Waals surface area (Å²) in [5.41, 5.74) is -2.08. The zero-order valence-electron chi connectivity index (χ0n) is 16.9. The predicted octanol–water partition coefficient (Wildman–Crippen LogP) is 4.43. The number of hydrogen-bond acceptors (Lipinski definition) is 1. The summed E-state index contributed by atoms with van der Waals surface area (Å²) in [5.74, 6) is -2.50. The van der Waals surface area contributed by atoms with Crippen molar-refractivity contribution in [3.05, 3.63) is 89.8 Å². The number of aromatic nitrogens is 3. The summed E-state index contributed by atoms with van der Waals surface area (Å²) in [4.78, 5) is 17.9. The van der Waals surface area contributed by atoms with Gasteiger partial charge in [-0.25, -0.2) is 14.4 Å². The number of carbonyl (C=O) groups excluding carboxylic acids is 1. The highest BCUT2D eigenvalue weighted by Crippen LogP contribution is 2.33. The lowest BCUT2D eigenvalue weighted by molar-refractivity contribution is -0.498. The summed E-state index contributed by atoms with van der Waals surface area (Å²) in [7, 11) is 0. The van der Waals surface area contributed by atoms with Gasteiger partial charge in [0.1, 0.15) is 11.4 Å². The lowest BCUT2D eigenvalue weighted by atomic mass is 10.1. The van der Waals surface area contributed by atoms with Crippen molar-refractivity contribution in [2.45, 2.75) is 18.4 Å². The van der Waals surface area contributed by atoms with E-state index in [1.54, 1.807) is 0 Å². The van der Waals surface area contributed by atoms with Crippen molar-refractivity contribution in [2.24, 2.45) is 0 Å². The van der Waals surface area contributed by atoms with E-state index in [0.717, 1.165) is 12.1 Å². The molecule has 4 rings (SSSR count). The van der Waals surface area contributed by atoms with Gasteiger partial charge in [-0.3, -0.25) is 4.79 Å². The van der Waals surface area contributed by atoms with Crippen LogP contribution in [0.1, 0.15) is 27.8 Å². The molecule has 0 fully saturated rings. The minimum atomic E-state index is -4.84. The Bertz CT molecular complexity index is 1350. The molecule has 1 amide bonds. The van der Waals surface area contributed by atoms with Gasteiger partial charge in [0.2, 0.25) is 17.4 Å². The van der Waals surface area contributed by atoms with E-state index in [0.29, 0.717) is 12.1 Å². The molecular formula is C22H15F7N4O+2. The van der Waals surface area contributed by atoms with Crippen LogP contribution in [0.4, 0.5) is 30.7 Å². The Hall–Kier alpha value is -3.96. The largest absolute Gasteiger partial charge is 0.418 e. The second kappa shape index (κ2) is 8.43. The van der Waals surface area contributed by atoms with Crippen molar-refractivity contribution < 1.29 is 44.9 Å². The van der Waals surface area contributed by atoms with Crippen molar-refractivity contribution in [1.29, 1.82) is 0 Å². The van der Waals surface area contributed by atoms with Crippen molar-refractivity contribution in [1.82, 2.24) is 10.3 Å². The summed E-state index contributed by atoms with van der Waals surface area (Å²) in [6.07, 6.45) is -6.95. The first-order valence-electron chi connectivity index (χ1n) is 9.70. The molecule has 0 spiro atoms. The number of amides is 1. The number of H-pyrrole nitrogens is 2. The number of rotatable bonds is 4. The average molecular weight is 484 g/mol. The number of carbonyl (C=O) groups is 1. The first-order valence-corrected chi connectivity index (χ1v) is 9.70. The standard InChI is InChI=1S/C22H13F7N4O/c23-14-11-12(21(24,25)26)7-8-13(14)19-31-17(16-6-2-4-10-33(16)19)20(34)32-18(22(27,28)29)15-5-1-3-9-30-15/h1-11,18H,(H,32,34)/p+2. The maximum atomic E-state index is 14.6. The maximum Gasteiger partial charge on any atom is 0.418 e. The van der Waals surface area contributed by atoms with Gasteiger partial charge in [0.05, 0.1) is 11.8 Å². The first-order chi connectivity index (χ1) is 16.0. The molecule has 3 N–H and O–H groups in total. The second-order valence-corrected chi connectivity index (χ2v) is 7.26. The number of alkyl halides is 6. The molecule has 0 aliphatic heterocycles. The van der Waals surface area contributed by atoms with Gasteiger partial charge in [-0.1, -0.05) is 12.1 Å². The number of pyridine rings is 2. The van der Waals surface area contributed by atoms with Crippen LogP contribution in [-0.4, -0.2) is 17.1 Å². The van der Waals surface area contributed by atoms with E-state index in [1.807, 2.05) is 5.32 Å². The molecule has 0 saturated carbocycles. The van der Waals surface area contributed by atoms with Crippen LogP contribution in [0.15, 0.2) is 67.0 Å². The molecule has 3 heterocycles. The SMILES string of the molecule is O=C(NC(c1cccc[nH+]1)C(F)(F)F)c1[nH]c(-c2ccc(C(F)(F)F)cc2F)[n+]2ccccc12. The van der Waals surface area contributed by atoms with Crippen molar-refractivity contribution in [2.75, 3.05) is 0 Å². The number of hydrogen-bond donors (Lipinski definition) is 2. The van der Waals surface area contributed by atoms with Crippen LogP contribution in [-0.2, 0) is 6.18 Å². The highest BCUT2D eigenvalue weighted by atomic mass is 19.4. The third-order valence-corrected chi connectivity index (χ3v) is 5.03. The molecule has 0 radical (unpaired) electrons. The maximum absolute atomic E-state index is 14.6. The normalized spacial score (nSPS) is 13.1. The zero-order chi connectivity index (χ0) is 24.7. The smallest absolute Gasteiger partial charge is 0.328 e. The van der Waals surface area contributed by atoms with Crippen molar-refractivity contribution >= 4 is 11.4 Å². The van der Waals surface area contributed by atoms with Gasteiger partial charge in [-0.05, 0) is 30.3 Å². The van der Waals surface area contributed by atoms with E-state index in [4.69, 9.17) is 0 Å². The Morgan fingerprint density at radius 3 is 2.35 bits per heavy atom. The average Bonchev–Trinajstić information content (AvgIpc) is 3.16. The lowest BCUT2D eigenvalue weighted by Crippen LogP contribution is -2.41. The number of nitrogens with zero attached hydrogens (tertiary/aromatic N) is 1. The fourth-order valence-corrected chi connectivity index (χ4v) is 3.46. The highest BCUT2D eigenvalue weighted by Gasteiger charge is 2.46. The number of imidazole rings is 1. The van der Waals surface area contributed by atoms with Crippen LogP contribution in [0.25, 0.3) is 16.9 Å². The van der Waals surface area contributed by atoms with Crippen LogP contribution in [0.2, 0.25) is 0 Å². The number of fused-ring (bicyclic) bond motifs is 1. The molecule has 0 saturated heterocycles. The van der Waals surface area contributed by atoms with Gasteiger partial charge in [0.15, 0.2) is 11.7 Å². The molecule has 0 bridgehead atoms. The Balaban J connectivity index is 1.77. The summed E-state index contributed by atoms with van der Waals surface area (Å²) < 4.78 is 95.5. The van der Waals surface area contributed by atoms with Crippen LogP contribution in [0.3, 0.4) is 0 Å².